The van der Waals surface area contributed by atoms with Gasteiger partial charge in [0.25, 0.3) is 0 Å². The molecule has 2 saturated heterocycles. The van der Waals surface area contributed by atoms with Gasteiger partial charge < -0.3 is 19.6 Å². The van der Waals surface area contributed by atoms with Gasteiger partial charge in [-0.05, 0) is 58.3 Å². The lowest BCUT2D eigenvalue weighted by Crippen LogP contribution is -2.51. The molecule has 2 aliphatic heterocycles. The van der Waals surface area contributed by atoms with Crippen LogP contribution in [0.2, 0.25) is 0 Å². The van der Waals surface area contributed by atoms with Gasteiger partial charge >= 0.3 is 0 Å². The zero-order chi connectivity index (χ0) is 18.7. The summed E-state index contributed by atoms with van der Waals surface area (Å²) in [5.41, 5.74) is 1.03. The summed E-state index contributed by atoms with van der Waals surface area (Å²) in [4.78, 5) is 21.9. The number of piperazine rings is 1. The first kappa shape index (κ1) is 19.1. The highest BCUT2D eigenvalue weighted by Gasteiger charge is 2.31. The molecule has 0 spiro atoms. The molecule has 0 aromatic heterocycles. The van der Waals surface area contributed by atoms with Gasteiger partial charge in [0, 0.05) is 51.0 Å². The molecule has 1 aromatic carbocycles. The predicted molar refractivity (Wildman–Crippen MR) is 103 cm³/mol. The SMILES string of the molecule is CN1C[C@H](C(=O)N2CCN(c3ccc(F)cc3)CC2)CC[C@H](N(C)C)C1. The van der Waals surface area contributed by atoms with E-state index in [0.717, 1.165) is 57.8 Å². The average molecular weight is 362 g/mol. The summed E-state index contributed by atoms with van der Waals surface area (Å²) < 4.78 is 13.1. The van der Waals surface area contributed by atoms with Gasteiger partial charge in [-0.25, -0.2) is 4.39 Å². The lowest BCUT2D eigenvalue weighted by atomic mass is 9.99. The second kappa shape index (κ2) is 8.35. The fraction of sp³-hybridized carbons (Fsp3) is 0.650. The van der Waals surface area contributed by atoms with Gasteiger partial charge in [-0.15, -0.1) is 0 Å². The van der Waals surface area contributed by atoms with E-state index in [9.17, 15) is 9.18 Å². The van der Waals surface area contributed by atoms with Gasteiger partial charge in [0.1, 0.15) is 5.82 Å². The number of halogens is 1. The Morgan fingerprint density at radius 3 is 2.31 bits per heavy atom. The van der Waals surface area contributed by atoms with Gasteiger partial charge in [0.2, 0.25) is 5.91 Å². The number of carbonyl (C=O) groups is 1. The maximum absolute atomic E-state index is 13.1. The third-order valence-electron chi connectivity index (χ3n) is 5.77. The largest absolute Gasteiger partial charge is 0.368 e. The van der Waals surface area contributed by atoms with E-state index in [0.29, 0.717) is 11.9 Å². The smallest absolute Gasteiger partial charge is 0.227 e. The molecule has 3 rings (SSSR count). The normalized spacial score (nSPS) is 25.4. The Balaban J connectivity index is 1.55. The third kappa shape index (κ3) is 4.54. The summed E-state index contributed by atoms with van der Waals surface area (Å²) in [5.74, 6) is 0.188. The molecule has 2 aliphatic rings. The predicted octanol–water partition coefficient (Wildman–Crippen LogP) is 1.75. The molecule has 1 aromatic rings. The Morgan fingerprint density at radius 2 is 1.69 bits per heavy atom. The van der Waals surface area contributed by atoms with Crippen molar-refractivity contribution in [2.24, 2.45) is 5.92 Å². The Morgan fingerprint density at radius 1 is 1.04 bits per heavy atom. The topological polar surface area (TPSA) is 30.0 Å². The number of benzene rings is 1. The fourth-order valence-electron chi connectivity index (χ4n) is 4.10. The molecule has 0 bridgehead atoms. The van der Waals surface area contributed by atoms with Crippen molar-refractivity contribution in [3.8, 4) is 0 Å². The Hall–Kier alpha value is -1.66. The number of hydrogen-bond acceptors (Lipinski definition) is 4. The molecule has 1 amide bonds. The molecule has 2 atom stereocenters. The summed E-state index contributed by atoms with van der Waals surface area (Å²) in [6.07, 6.45) is 2.04. The van der Waals surface area contributed by atoms with Crippen molar-refractivity contribution in [1.29, 1.82) is 0 Å². The van der Waals surface area contributed by atoms with E-state index in [1.54, 1.807) is 0 Å². The van der Waals surface area contributed by atoms with Crippen LogP contribution < -0.4 is 4.90 Å². The summed E-state index contributed by atoms with van der Waals surface area (Å²) in [7, 11) is 6.36. The monoisotopic (exact) mass is 362 g/mol. The Labute approximate surface area is 156 Å². The molecule has 0 saturated carbocycles. The van der Waals surface area contributed by atoms with E-state index in [-0.39, 0.29) is 11.7 Å². The van der Waals surface area contributed by atoms with E-state index in [2.05, 4.69) is 35.8 Å². The van der Waals surface area contributed by atoms with Crippen LogP contribution in [-0.2, 0) is 4.79 Å². The summed E-state index contributed by atoms with van der Waals surface area (Å²) in [6.45, 7) is 4.97. The molecular formula is C20H31FN4O. The van der Waals surface area contributed by atoms with E-state index in [1.165, 1.54) is 12.1 Å². The van der Waals surface area contributed by atoms with Crippen molar-refractivity contribution < 1.29 is 9.18 Å². The van der Waals surface area contributed by atoms with E-state index in [1.807, 2.05) is 17.0 Å². The Bertz CT molecular complexity index is 598. The highest BCUT2D eigenvalue weighted by atomic mass is 19.1. The van der Waals surface area contributed by atoms with Crippen LogP contribution in [0.4, 0.5) is 10.1 Å². The van der Waals surface area contributed by atoms with Gasteiger partial charge in [0.05, 0.1) is 5.92 Å². The standard InChI is InChI=1S/C20H31FN4O/c1-22(2)19-7-4-16(14-23(3)15-19)20(26)25-12-10-24(11-13-25)18-8-5-17(21)6-9-18/h5-6,8-9,16,19H,4,7,10-15H2,1-3H3/t16-,19+/m1/s1. The van der Waals surface area contributed by atoms with E-state index in [4.69, 9.17) is 0 Å². The number of anilines is 1. The summed E-state index contributed by atoms with van der Waals surface area (Å²) >= 11 is 0. The quantitative estimate of drug-likeness (QED) is 0.820. The molecule has 0 radical (unpaired) electrons. The van der Waals surface area contributed by atoms with Crippen molar-refractivity contribution in [1.82, 2.24) is 14.7 Å². The number of likely N-dealkylation sites (N-methyl/N-ethyl adjacent to an activating group) is 2. The summed E-state index contributed by atoms with van der Waals surface area (Å²) in [5, 5.41) is 0. The zero-order valence-corrected chi connectivity index (χ0v) is 16.2. The van der Waals surface area contributed by atoms with Crippen molar-refractivity contribution >= 4 is 11.6 Å². The molecule has 0 N–H and O–H groups in total. The molecule has 5 nitrogen and oxygen atoms in total. The van der Waals surface area contributed by atoms with Crippen LogP contribution in [0.15, 0.2) is 24.3 Å². The molecule has 0 unspecified atom stereocenters. The van der Waals surface area contributed by atoms with E-state index >= 15 is 0 Å². The second-order valence-electron chi connectivity index (χ2n) is 7.90. The molecule has 2 heterocycles. The minimum Gasteiger partial charge on any atom is -0.368 e. The van der Waals surface area contributed by atoms with Crippen LogP contribution in [0.3, 0.4) is 0 Å². The van der Waals surface area contributed by atoms with Gasteiger partial charge in [0.15, 0.2) is 0 Å². The highest BCUT2D eigenvalue weighted by Crippen LogP contribution is 2.22. The molecule has 6 heteroatoms. The molecule has 2 fully saturated rings. The second-order valence-corrected chi connectivity index (χ2v) is 7.90. The lowest BCUT2D eigenvalue weighted by molar-refractivity contribution is -0.136. The summed E-state index contributed by atoms with van der Waals surface area (Å²) in [6, 6.07) is 7.14. The van der Waals surface area contributed by atoms with Crippen LogP contribution in [0.25, 0.3) is 0 Å². The lowest BCUT2D eigenvalue weighted by Gasteiger charge is -2.37. The van der Waals surface area contributed by atoms with Crippen molar-refractivity contribution in [3.63, 3.8) is 0 Å². The maximum Gasteiger partial charge on any atom is 0.227 e. The fourth-order valence-corrected chi connectivity index (χ4v) is 4.10. The number of carbonyl (C=O) groups excluding carboxylic acids is 1. The molecule has 0 aliphatic carbocycles. The minimum atomic E-state index is -0.212. The number of nitrogens with zero attached hydrogens (tertiary/aromatic N) is 4. The maximum atomic E-state index is 13.1. The first-order valence-corrected chi connectivity index (χ1v) is 9.58. The van der Waals surface area contributed by atoms with Crippen LogP contribution in [0.1, 0.15) is 12.8 Å². The van der Waals surface area contributed by atoms with Crippen molar-refractivity contribution in [2.75, 3.05) is 65.3 Å². The minimum absolute atomic E-state index is 0.0994. The zero-order valence-electron chi connectivity index (χ0n) is 16.2. The Kier molecular flexibility index (Phi) is 6.14. The van der Waals surface area contributed by atoms with Crippen LogP contribution in [0, 0.1) is 11.7 Å². The number of hydrogen-bond donors (Lipinski definition) is 0. The first-order valence-electron chi connectivity index (χ1n) is 9.58. The molecule has 144 valence electrons. The molecular weight excluding hydrogens is 331 g/mol. The van der Waals surface area contributed by atoms with Crippen molar-refractivity contribution in [2.45, 2.75) is 18.9 Å². The third-order valence-corrected chi connectivity index (χ3v) is 5.77. The van der Waals surface area contributed by atoms with Crippen molar-refractivity contribution in [3.05, 3.63) is 30.1 Å². The van der Waals surface area contributed by atoms with E-state index < -0.39 is 0 Å². The highest BCUT2D eigenvalue weighted by molar-refractivity contribution is 5.79. The number of rotatable bonds is 3. The van der Waals surface area contributed by atoms with Gasteiger partial charge in [-0.1, -0.05) is 0 Å². The van der Waals surface area contributed by atoms with Crippen LogP contribution >= 0.6 is 0 Å². The number of amides is 1. The average Bonchev–Trinajstić information content (AvgIpc) is 2.84. The molecule has 26 heavy (non-hydrogen) atoms. The van der Waals surface area contributed by atoms with Gasteiger partial charge in [-0.3, -0.25) is 4.79 Å². The first-order chi connectivity index (χ1) is 12.4. The van der Waals surface area contributed by atoms with Gasteiger partial charge in [-0.2, -0.15) is 0 Å². The van der Waals surface area contributed by atoms with Crippen LogP contribution in [0.5, 0.6) is 0 Å². The number of likely N-dealkylation sites (tertiary alicyclic amines) is 1. The van der Waals surface area contributed by atoms with Crippen LogP contribution in [-0.4, -0.2) is 87.1 Å².